The molecule has 0 aromatic heterocycles. The van der Waals surface area contributed by atoms with E-state index in [0.29, 0.717) is 21.5 Å². The van der Waals surface area contributed by atoms with Gasteiger partial charge in [0, 0.05) is 10.0 Å². The van der Waals surface area contributed by atoms with Crippen LogP contribution in [0.1, 0.15) is 0 Å². The molecule has 0 bridgehead atoms. The lowest BCUT2D eigenvalue weighted by Gasteiger charge is -2.12. The van der Waals surface area contributed by atoms with E-state index in [1.165, 1.54) is 0 Å². The highest BCUT2D eigenvalue weighted by Crippen LogP contribution is 2.32. The molecule has 5 heteroatoms. The van der Waals surface area contributed by atoms with Crippen LogP contribution in [-0.2, 0) is 0 Å². The third-order valence-electron chi connectivity index (χ3n) is 2.24. The lowest BCUT2D eigenvalue weighted by molar-refractivity contribution is 0.484. The highest BCUT2D eigenvalue weighted by molar-refractivity contribution is 6.31. The molecular formula is C13H10Cl3NO. The molecule has 94 valence electrons. The normalized spacial score (nSPS) is 10.2. The van der Waals surface area contributed by atoms with Gasteiger partial charge in [0.15, 0.2) is 5.75 Å². The number of benzene rings is 2. The first-order valence-corrected chi connectivity index (χ1v) is 6.51. The van der Waals surface area contributed by atoms with Crippen LogP contribution in [0, 0.1) is 0 Å². The second-order valence-electron chi connectivity index (χ2n) is 3.51. The molecule has 0 aliphatic rings. The number of alkyl halides is 1. The van der Waals surface area contributed by atoms with Gasteiger partial charge in [-0.05, 0) is 42.5 Å². The van der Waals surface area contributed by atoms with Gasteiger partial charge in [0.25, 0.3) is 0 Å². The van der Waals surface area contributed by atoms with Gasteiger partial charge >= 0.3 is 0 Å². The van der Waals surface area contributed by atoms with Gasteiger partial charge in [-0.3, -0.25) is 0 Å². The Balaban J connectivity index is 2.25. The fourth-order valence-electron chi connectivity index (χ4n) is 1.43. The summed E-state index contributed by atoms with van der Waals surface area (Å²) in [5.41, 5.74) is 0.743. The predicted molar refractivity (Wildman–Crippen MR) is 77.3 cm³/mol. The van der Waals surface area contributed by atoms with Gasteiger partial charge in [-0.1, -0.05) is 23.2 Å². The Kier molecular flexibility index (Phi) is 4.59. The van der Waals surface area contributed by atoms with Gasteiger partial charge in [-0.25, -0.2) is 0 Å². The molecule has 0 saturated carbocycles. The van der Waals surface area contributed by atoms with Gasteiger partial charge in [0.05, 0.1) is 11.7 Å². The minimum absolute atomic E-state index is 0.275. The number of rotatable bonds is 4. The maximum absolute atomic E-state index is 5.92. The molecule has 0 atom stereocenters. The van der Waals surface area contributed by atoms with Crippen LogP contribution in [0.25, 0.3) is 0 Å². The minimum atomic E-state index is 0.275. The highest BCUT2D eigenvalue weighted by Gasteiger charge is 2.05. The van der Waals surface area contributed by atoms with Gasteiger partial charge in [0.2, 0.25) is 0 Å². The summed E-state index contributed by atoms with van der Waals surface area (Å²) in [4.78, 5) is 0. The lowest BCUT2D eigenvalue weighted by atomic mass is 10.3. The smallest absolute Gasteiger partial charge is 0.150 e. The van der Waals surface area contributed by atoms with Crippen molar-refractivity contribution in [1.29, 1.82) is 0 Å². The number of hydrogen-bond donors (Lipinski definition) is 1. The molecular weight excluding hydrogens is 293 g/mol. The van der Waals surface area contributed by atoms with E-state index in [4.69, 9.17) is 39.5 Å². The van der Waals surface area contributed by atoms with Crippen LogP contribution in [-0.4, -0.2) is 6.00 Å². The zero-order valence-corrected chi connectivity index (χ0v) is 11.6. The third kappa shape index (κ3) is 3.45. The molecule has 2 aromatic rings. The largest absolute Gasteiger partial charge is 0.455 e. The van der Waals surface area contributed by atoms with Crippen molar-refractivity contribution in [1.82, 2.24) is 0 Å². The topological polar surface area (TPSA) is 21.3 Å². The van der Waals surface area contributed by atoms with E-state index in [0.717, 1.165) is 5.69 Å². The Bertz CT molecular complexity index is 528. The third-order valence-corrected chi connectivity index (χ3v) is 2.86. The van der Waals surface area contributed by atoms with E-state index in [1.807, 2.05) is 0 Å². The Labute approximate surface area is 120 Å². The summed E-state index contributed by atoms with van der Waals surface area (Å²) in [5.74, 6) is 1.35. The van der Waals surface area contributed by atoms with Gasteiger partial charge in [-0.2, -0.15) is 0 Å². The average molecular weight is 303 g/mol. The molecule has 0 radical (unpaired) electrons. The molecule has 0 spiro atoms. The van der Waals surface area contributed by atoms with E-state index < -0.39 is 0 Å². The molecule has 0 saturated heterocycles. The van der Waals surface area contributed by atoms with Crippen LogP contribution in [0.4, 0.5) is 5.69 Å². The zero-order chi connectivity index (χ0) is 13.0. The SMILES string of the molecule is ClCNc1cc(Cl)ccc1Oc1ccc(Cl)cc1. The Morgan fingerprint density at radius 1 is 0.944 bits per heavy atom. The van der Waals surface area contributed by atoms with Crippen molar-refractivity contribution in [3.63, 3.8) is 0 Å². The summed E-state index contributed by atoms with van der Waals surface area (Å²) in [6.45, 7) is 0. The van der Waals surface area contributed by atoms with Gasteiger partial charge < -0.3 is 10.1 Å². The van der Waals surface area contributed by atoms with Crippen molar-refractivity contribution in [3.8, 4) is 11.5 Å². The summed E-state index contributed by atoms with van der Waals surface area (Å²) in [7, 11) is 0. The summed E-state index contributed by atoms with van der Waals surface area (Å²) in [6, 6.07) is 12.7. The maximum Gasteiger partial charge on any atom is 0.150 e. The second-order valence-corrected chi connectivity index (χ2v) is 4.65. The molecule has 0 unspecified atom stereocenters. The number of anilines is 1. The van der Waals surface area contributed by atoms with Gasteiger partial charge in [0.1, 0.15) is 5.75 Å². The van der Waals surface area contributed by atoms with E-state index in [-0.39, 0.29) is 6.00 Å². The summed E-state index contributed by atoms with van der Waals surface area (Å²) in [6.07, 6.45) is 0. The fourth-order valence-corrected chi connectivity index (χ4v) is 1.87. The quantitative estimate of drug-likeness (QED) is 0.603. The first-order chi connectivity index (χ1) is 8.69. The van der Waals surface area contributed by atoms with Crippen LogP contribution in [0.3, 0.4) is 0 Å². The molecule has 2 rings (SSSR count). The molecule has 0 amide bonds. The van der Waals surface area contributed by atoms with Crippen molar-refractivity contribution < 1.29 is 4.74 Å². The fraction of sp³-hybridized carbons (Fsp3) is 0.0769. The lowest BCUT2D eigenvalue weighted by Crippen LogP contribution is -1.97. The van der Waals surface area contributed by atoms with E-state index in [1.54, 1.807) is 42.5 Å². The molecule has 2 aromatic carbocycles. The van der Waals surface area contributed by atoms with Crippen molar-refractivity contribution in [2.75, 3.05) is 11.3 Å². The molecule has 0 heterocycles. The monoisotopic (exact) mass is 301 g/mol. The van der Waals surface area contributed by atoms with Crippen molar-refractivity contribution in [2.24, 2.45) is 0 Å². The van der Waals surface area contributed by atoms with Crippen molar-refractivity contribution in [2.45, 2.75) is 0 Å². The first-order valence-electron chi connectivity index (χ1n) is 5.22. The molecule has 0 fully saturated rings. The number of hydrogen-bond acceptors (Lipinski definition) is 2. The zero-order valence-electron chi connectivity index (χ0n) is 9.29. The number of halogens is 3. The predicted octanol–water partition coefficient (Wildman–Crippen LogP) is 5.39. The standard InChI is InChI=1S/C13H10Cl3NO/c14-8-17-12-7-10(16)3-6-13(12)18-11-4-1-9(15)2-5-11/h1-7,17H,8H2. The highest BCUT2D eigenvalue weighted by atomic mass is 35.5. The van der Waals surface area contributed by atoms with Crippen LogP contribution in [0.5, 0.6) is 11.5 Å². The van der Waals surface area contributed by atoms with Crippen LogP contribution >= 0.6 is 34.8 Å². The average Bonchev–Trinajstić information content (AvgIpc) is 2.36. The van der Waals surface area contributed by atoms with E-state index in [2.05, 4.69) is 5.32 Å². The van der Waals surface area contributed by atoms with Crippen LogP contribution in [0.15, 0.2) is 42.5 Å². The Morgan fingerprint density at radius 2 is 1.61 bits per heavy atom. The van der Waals surface area contributed by atoms with E-state index >= 15 is 0 Å². The molecule has 1 N–H and O–H groups in total. The van der Waals surface area contributed by atoms with Crippen molar-refractivity contribution >= 4 is 40.5 Å². The number of nitrogens with one attached hydrogen (secondary N) is 1. The van der Waals surface area contributed by atoms with Crippen molar-refractivity contribution in [3.05, 3.63) is 52.5 Å². The first kappa shape index (κ1) is 13.3. The number of ether oxygens (including phenoxy) is 1. The molecule has 2 nitrogen and oxygen atoms in total. The van der Waals surface area contributed by atoms with E-state index in [9.17, 15) is 0 Å². The maximum atomic E-state index is 5.92. The van der Waals surface area contributed by atoms with Gasteiger partial charge in [-0.15, -0.1) is 11.6 Å². The molecule has 18 heavy (non-hydrogen) atoms. The Hall–Kier alpha value is -1.09. The Morgan fingerprint density at radius 3 is 2.28 bits per heavy atom. The summed E-state index contributed by atoms with van der Waals surface area (Å²) in [5, 5.41) is 4.26. The van der Waals surface area contributed by atoms with Crippen LogP contribution < -0.4 is 10.1 Å². The minimum Gasteiger partial charge on any atom is -0.455 e. The van der Waals surface area contributed by atoms with Crippen LogP contribution in [0.2, 0.25) is 10.0 Å². The summed E-state index contributed by atoms with van der Waals surface area (Å²) >= 11 is 17.4. The second kappa shape index (κ2) is 6.19. The molecule has 0 aliphatic carbocycles. The molecule has 0 aliphatic heterocycles. The summed E-state index contributed by atoms with van der Waals surface area (Å²) < 4.78 is 5.73.